The lowest BCUT2D eigenvalue weighted by Crippen LogP contribution is -2.21. The summed E-state index contributed by atoms with van der Waals surface area (Å²) in [5, 5.41) is 17.7. The van der Waals surface area contributed by atoms with Gasteiger partial charge in [-0.1, -0.05) is 46.8 Å². The fraction of sp³-hybridized carbons (Fsp3) is 0.389. The number of halogens is 1. The Morgan fingerprint density at radius 1 is 1.43 bits per heavy atom. The highest BCUT2D eigenvalue weighted by atomic mass is 79.9. The number of aryl methyl sites for hydroxylation is 2. The molecule has 2 N–H and O–H groups in total. The number of aliphatic hydroxyl groups is 1. The molecule has 0 fully saturated rings. The highest BCUT2D eigenvalue weighted by molar-refractivity contribution is 9.11. The molecule has 0 aliphatic carbocycles. The normalized spacial score (nSPS) is 11.4. The van der Waals surface area contributed by atoms with Crippen LogP contribution in [0.15, 0.2) is 41.1 Å². The Balaban J connectivity index is 2.81. The molecule has 1 atom stereocenters. The maximum absolute atomic E-state index is 9.34. The molecule has 1 rings (SSSR count). The number of unbranched alkanes of at least 4 members (excludes halogenated alkanes) is 1. The van der Waals surface area contributed by atoms with Gasteiger partial charge in [0.1, 0.15) is 5.84 Å². The van der Waals surface area contributed by atoms with E-state index in [-0.39, 0.29) is 5.76 Å². The number of anilines is 1. The molecular weight excluding hydrogens is 371 g/mol. The van der Waals surface area contributed by atoms with Crippen molar-refractivity contribution >= 4 is 36.8 Å². The van der Waals surface area contributed by atoms with Gasteiger partial charge in [-0.25, -0.2) is 0 Å². The summed E-state index contributed by atoms with van der Waals surface area (Å²) in [5.74, 6) is 0.772. The molecule has 0 amide bonds. The smallest absolute Gasteiger partial charge is 0.103 e. The molecule has 5 heteroatoms. The van der Waals surface area contributed by atoms with Gasteiger partial charge in [0.2, 0.25) is 0 Å². The third-order valence-corrected chi connectivity index (χ3v) is 4.47. The first-order valence-corrected chi connectivity index (χ1v) is 9.03. The van der Waals surface area contributed by atoms with Gasteiger partial charge in [-0.15, -0.1) is 0 Å². The number of rotatable bonds is 8. The lowest BCUT2D eigenvalue weighted by molar-refractivity contribution is 0.391. The summed E-state index contributed by atoms with van der Waals surface area (Å²) in [6, 6.07) is 6.11. The van der Waals surface area contributed by atoms with Gasteiger partial charge in [0, 0.05) is 12.8 Å². The molecule has 0 heterocycles. The molecule has 0 saturated carbocycles. The van der Waals surface area contributed by atoms with Crippen LogP contribution in [0.1, 0.15) is 43.7 Å². The molecule has 0 radical (unpaired) electrons. The molecule has 1 aromatic rings. The molecule has 1 aromatic carbocycles. The maximum Gasteiger partial charge on any atom is 0.103 e. The Morgan fingerprint density at radius 2 is 2.13 bits per heavy atom. The van der Waals surface area contributed by atoms with Crippen LogP contribution in [0.25, 0.3) is 0 Å². The molecule has 0 aliphatic heterocycles. The Bertz CT molecular complexity index is 595. The van der Waals surface area contributed by atoms with Gasteiger partial charge >= 0.3 is 0 Å². The zero-order valence-electron chi connectivity index (χ0n) is 13.9. The van der Waals surface area contributed by atoms with E-state index >= 15 is 0 Å². The minimum atomic E-state index is 0.194. The van der Waals surface area contributed by atoms with Gasteiger partial charge in [-0.05, 0) is 58.1 Å². The molecule has 126 valence electrons. The zero-order chi connectivity index (χ0) is 17.4. The van der Waals surface area contributed by atoms with Crippen molar-refractivity contribution in [2.45, 2.75) is 46.0 Å². The van der Waals surface area contributed by atoms with E-state index in [2.05, 4.69) is 38.0 Å². The van der Waals surface area contributed by atoms with Crippen molar-refractivity contribution in [3.8, 4) is 0 Å². The van der Waals surface area contributed by atoms with Gasteiger partial charge in [0.05, 0.1) is 11.4 Å². The average Bonchev–Trinajstić information content (AvgIpc) is 2.48. The summed E-state index contributed by atoms with van der Waals surface area (Å²) in [7, 11) is 2.66. The van der Waals surface area contributed by atoms with E-state index in [0.29, 0.717) is 12.3 Å². The molecule has 1 unspecified atom stereocenters. The van der Waals surface area contributed by atoms with Crippen LogP contribution in [0.2, 0.25) is 0 Å². The van der Waals surface area contributed by atoms with Gasteiger partial charge in [-0.2, -0.15) is 0 Å². The van der Waals surface area contributed by atoms with E-state index in [4.69, 9.17) is 5.41 Å². The minimum absolute atomic E-state index is 0.194. The number of nitrogens with one attached hydrogen (secondary N) is 1. The number of para-hydroxylation sites is 1. The van der Waals surface area contributed by atoms with Gasteiger partial charge in [0.25, 0.3) is 0 Å². The number of allylic oxidation sites excluding steroid dienone is 3. The molecule has 0 bridgehead atoms. The largest absolute Gasteiger partial charge is 0.513 e. The number of hydrogen-bond donors (Lipinski definition) is 2. The lowest BCUT2D eigenvalue weighted by atomic mass is 10.0. The van der Waals surface area contributed by atoms with E-state index in [1.54, 1.807) is 0 Å². The first kappa shape index (κ1) is 19.9. The Morgan fingerprint density at radius 3 is 2.74 bits per heavy atom. The predicted octanol–water partition coefficient (Wildman–Crippen LogP) is 6.04. The Hall–Kier alpha value is -1.12. The Labute approximate surface area is 150 Å². The number of nitrogens with zero attached hydrogens (tertiary/aromatic N) is 1. The van der Waals surface area contributed by atoms with E-state index in [1.165, 1.54) is 0 Å². The minimum Gasteiger partial charge on any atom is -0.513 e. The second-order valence-corrected chi connectivity index (χ2v) is 7.42. The SMILES string of the molecule is C=C(O)CCc1cccc(C)c1N(P)C(=N)CCC/C=C(\C)Br. The van der Waals surface area contributed by atoms with Crippen LogP contribution >= 0.6 is 25.3 Å². The molecular formula is C18H26BrN2OP. The van der Waals surface area contributed by atoms with Crippen LogP contribution in [-0.4, -0.2) is 10.9 Å². The summed E-state index contributed by atoms with van der Waals surface area (Å²) in [6.07, 6.45) is 6.02. The highest BCUT2D eigenvalue weighted by Crippen LogP contribution is 2.30. The molecule has 0 spiro atoms. The Kier molecular flexibility index (Phi) is 8.57. The van der Waals surface area contributed by atoms with Crippen LogP contribution < -0.4 is 4.67 Å². The second kappa shape index (κ2) is 9.89. The lowest BCUT2D eigenvalue weighted by Gasteiger charge is -2.25. The first-order valence-electron chi connectivity index (χ1n) is 7.72. The second-order valence-electron chi connectivity index (χ2n) is 5.65. The van der Waals surface area contributed by atoms with Crippen LogP contribution in [0, 0.1) is 12.3 Å². The van der Waals surface area contributed by atoms with Crippen LogP contribution in [0.3, 0.4) is 0 Å². The summed E-state index contributed by atoms with van der Waals surface area (Å²) < 4.78 is 3.02. The molecule has 0 aromatic heterocycles. The highest BCUT2D eigenvalue weighted by Gasteiger charge is 2.14. The van der Waals surface area contributed by atoms with Crippen molar-refractivity contribution in [3.63, 3.8) is 0 Å². The summed E-state index contributed by atoms with van der Waals surface area (Å²) >= 11 is 3.42. The molecule has 3 nitrogen and oxygen atoms in total. The van der Waals surface area contributed by atoms with Crippen LogP contribution in [0.4, 0.5) is 5.69 Å². The van der Waals surface area contributed by atoms with Gasteiger partial charge < -0.3 is 9.78 Å². The van der Waals surface area contributed by atoms with Crippen molar-refractivity contribution in [1.82, 2.24) is 0 Å². The van der Waals surface area contributed by atoms with Crippen LogP contribution in [0.5, 0.6) is 0 Å². The third-order valence-electron chi connectivity index (χ3n) is 3.58. The summed E-state index contributed by atoms with van der Waals surface area (Å²) in [4.78, 5) is 0. The number of amidine groups is 1. The number of aliphatic hydroxyl groups excluding tert-OH is 1. The number of hydrogen-bond acceptors (Lipinski definition) is 2. The summed E-state index contributed by atoms with van der Waals surface area (Å²) in [6.45, 7) is 7.62. The van der Waals surface area contributed by atoms with Gasteiger partial charge in [0.15, 0.2) is 0 Å². The number of benzene rings is 1. The van der Waals surface area contributed by atoms with Crippen LogP contribution in [-0.2, 0) is 6.42 Å². The molecule has 0 saturated heterocycles. The van der Waals surface area contributed by atoms with Crippen molar-refractivity contribution < 1.29 is 5.11 Å². The van der Waals surface area contributed by atoms with E-state index in [0.717, 1.165) is 47.0 Å². The van der Waals surface area contributed by atoms with Crippen molar-refractivity contribution in [3.05, 3.63) is 52.2 Å². The summed E-state index contributed by atoms with van der Waals surface area (Å²) in [5.41, 5.74) is 3.29. The third kappa shape index (κ3) is 6.88. The van der Waals surface area contributed by atoms with Gasteiger partial charge in [-0.3, -0.25) is 5.41 Å². The molecule has 23 heavy (non-hydrogen) atoms. The van der Waals surface area contributed by atoms with E-state index in [1.807, 2.05) is 36.7 Å². The first-order chi connectivity index (χ1) is 10.8. The average molecular weight is 397 g/mol. The topological polar surface area (TPSA) is 47.3 Å². The standard InChI is InChI=1S/C18H26BrN2OP/c1-13-7-6-9-16(12-11-15(3)22)18(13)21(23)17(20)10-5-4-8-14(2)19/h6-9,20,22H,3-5,10-12,23H2,1-2H3/b14-8+,20-17?. The maximum atomic E-state index is 9.34. The predicted molar refractivity (Wildman–Crippen MR) is 108 cm³/mol. The van der Waals surface area contributed by atoms with E-state index < -0.39 is 0 Å². The quantitative estimate of drug-likeness (QED) is 0.185. The zero-order valence-corrected chi connectivity index (χ0v) is 16.6. The monoisotopic (exact) mass is 396 g/mol. The van der Waals surface area contributed by atoms with E-state index in [9.17, 15) is 5.11 Å². The van der Waals surface area contributed by atoms with Crippen molar-refractivity contribution in [2.75, 3.05) is 4.67 Å². The fourth-order valence-corrected chi connectivity index (χ4v) is 3.10. The van der Waals surface area contributed by atoms with Crippen molar-refractivity contribution in [2.24, 2.45) is 0 Å². The fourth-order valence-electron chi connectivity index (χ4n) is 2.37. The van der Waals surface area contributed by atoms with Crippen molar-refractivity contribution in [1.29, 1.82) is 5.41 Å². The molecule has 0 aliphatic rings.